The number of primary amides is 1. The Hall–Kier alpha value is -3.10. The smallest absolute Gasteiger partial charge is 0.378 e. The van der Waals surface area contributed by atoms with Gasteiger partial charge < -0.3 is 15.5 Å². The molecule has 2 aliphatic rings. The molecule has 5 nitrogen and oxygen atoms in total. The number of likely N-dealkylation sites (tertiary alicyclic amines) is 1. The second-order valence-electron chi connectivity index (χ2n) is 9.34. The number of nitrogens with zero attached hydrogens (tertiary/aromatic N) is 2. The Morgan fingerprint density at radius 2 is 1.85 bits per heavy atom. The van der Waals surface area contributed by atoms with E-state index in [1.807, 2.05) is 25.1 Å². The van der Waals surface area contributed by atoms with Gasteiger partial charge >= 0.3 is 6.18 Å². The van der Waals surface area contributed by atoms with E-state index in [4.69, 9.17) is 5.73 Å². The highest BCUT2D eigenvalue weighted by Gasteiger charge is 2.59. The molecule has 1 heterocycles. The summed E-state index contributed by atoms with van der Waals surface area (Å²) in [7, 11) is 3.67. The van der Waals surface area contributed by atoms with Gasteiger partial charge in [-0.25, -0.2) is 4.39 Å². The molecule has 2 fully saturated rings. The molecule has 2 N–H and O–H groups in total. The highest BCUT2D eigenvalue weighted by atomic mass is 19.4. The van der Waals surface area contributed by atoms with Crippen LogP contribution in [0.3, 0.4) is 0 Å². The standard InChI is InChI=1S/C25H27F4N3O2/c1-31(2)18-6-3-5-16(13-18)22(33)32-12-4-11-24(32,23(30)34)21(15-7-8-15)19-10-9-17(14-20(19)26)25(27,28)29/h3,5-6,9-10,13-15,21H,4,7-8,11-12H2,1-2H3,(H2,30,34)/t21-,24+/m1/s1. The Bertz CT molecular complexity index is 1110. The van der Waals surface area contributed by atoms with Gasteiger partial charge in [-0.05, 0) is 67.5 Å². The Morgan fingerprint density at radius 1 is 1.15 bits per heavy atom. The first kappa shape index (κ1) is 24.0. The number of alkyl halides is 3. The maximum Gasteiger partial charge on any atom is 0.416 e. The normalized spacial score (nSPS) is 21.4. The summed E-state index contributed by atoms with van der Waals surface area (Å²) in [6, 6.07) is 9.30. The third-order valence-corrected chi connectivity index (χ3v) is 6.97. The highest BCUT2D eigenvalue weighted by molar-refractivity contribution is 6.00. The Morgan fingerprint density at radius 3 is 2.41 bits per heavy atom. The number of amides is 2. The van der Waals surface area contributed by atoms with E-state index in [0.717, 1.165) is 17.8 Å². The average Bonchev–Trinajstić information content (AvgIpc) is 3.51. The van der Waals surface area contributed by atoms with E-state index in [2.05, 4.69) is 0 Å². The van der Waals surface area contributed by atoms with Crippen LogP contribution in [0, 0.1) is 11.7 Å². The van der Waals surface area contributed by atoms with Crippen LogP contribution in [0.1, 0.15) is 53.1 Å². The van der Waals surface area contributed by atoms with Crippen molar-refractivity contribution in [1.29, 1.82) is 0 Å². The summed E-state index contributed by atoms with van der Waals surface area (Å²) < 4.78 is 54.5. The lowest BCUT2D eigenvalue weighted by molar-refractivity contribution is -0.138. The number of carbonyl (C=O) groups excluding carboxylic acids is 2. The molecule has 0 aromatic heterocycles. The molecule has 4 rings (SSSR count). The summed E-state index contributed by atoms with van der Waals surface area (Å²) in [6.07, 6.45) is -2.63. The molecule has 2 atom stereocenters. The summed E-state index contributed by atoms with van der Waals surface area (Å²) in [5.41, 5.74) is 4.46. The molecule has 9 heteroatoms. The molecule has 2 aromatic rings. The number of rotatable bonds is 6. The molecule has 2 amide bonds. The minimum atomic E-state index is -4.69. The SMILES string of the molecule is CN(C)c1cccc(C(=O)N2CCC[C@@]2(C(N)=O)[C@@H](c2ccc(C(F)(F)F)cc2F)C2CC2)c1. The lowest BCUT2D eigenvalue weighted by Crippen LogP contribution is -2.60. The Kier molecular flexibility index (Phi) is 6.08. The van der Waals surface area contributed by atoms with Crippen LogP contribution < -0.4 is 10.6 Å². The van der Waals surface area contributed by atoms with Crippen molar-refractivity contribution in [3.63, 3.8) is 0 Å². The van der Waals surface area contributed by atoms with Gasteiger partial charge in [0, 0.05) is 37.8 Å². The van der Waals surface area contributed by atoms with Gasteiger partial charge in [0.05, 0.1) is 5.56 Å². The molecule has 0 unspecified atom stereocenters. The van der Waals surface area contributed by atoms with Crippen LogP contribution >= 0.6 is 0 Å². The largest absolute Gasteiger partial charge is 0.416 e. The fourth-order valence-electron chi connectivity index (χ4n) is 5.22. The van der Waals surface area contributed by atoms with E-state index in [1.165, 1.54) is 4.90 Å². The third kappa shape index (κ3) is 4.12. The zero-order chi connectivity index (χ0) is 24.8. The molecule has 1 aliphatic heterocycles. The molecule has 0 spiro atoms. The van der Waals surface area contributed by atoms with Crippen LogP contribution in [0.25, 0.3) is 0 Å². The Labute approximate surface area is 195 Å². The van der Waals surface area contributed by atoms with E-state index in [-0.39, 0.29) is 24.4 Å². The molecule has 2 aromatic carbocycles. The lowest BCUT2D eigenvalue weighted by atomic mass is 9.73. The number of hydrogen-bond acceptors (Lipinski definition) is 3. The summed E-state index contributed by atoms with van der Waals surface area (Å²) in [4.78, 5) is 30.0. The topological polar surface area (TPSA) is 66.6 Å². The molecule has 182 valence electrons. The maximum absolute atomic E-state index is 15.1. The van der Waals surface area contributed by atoms with Crippen molar-refractivity contribution in [2.24, 2.45) is 11.7 Å². The van der Waals surface area contributed by atoms with Gasteiger partial charge in [0.1, 0.15) is 11.4 Å². The molecule has 1 saturated heterocycles. The van der Waals surface area contributed by atoms with Gasteiger partial charge in [0.25, 0.3) is 5.91 Å². The minimum absolute atomic E-state index is 0.00366. The van der Waals surface area contributed by atoms with Gasteiger partial charge in [-0.1, -0.05) is 12.1 Å². The van der Waals surface area contributed by atoms with Crippen molar-refractivity contribution in [2.45, 2.75) is 43.3 Å². The van der Waals surface area contributed by atoms with Crippen molar-refractivity contribution in [3.8, 4) is 0 Å². The van der Waals surface area contributed by atoms with Gasteiger partial charge in [-0.2, -0.15) is 13.2 Å². The molecule has 0 radical (unpaired) electrons. The fourth-order valence-corrected chi connectivity index (χ4v) is 5.22. The first-order valence-electron chi connectivity index (χ1n) is 11.2. The van der Waals surface area contributed by atoms with Gasteiger partial charge in [0.15, 0.2) is 0 Å². The van der Waals surface area contributed by atoms with E-state index < -0.39 is 40.8 Å². The predicted molar refractivity (Wildman–Crippen MR) is 120 cm³/mol. The summed E-state index contributed by atoms with van der Waals surface area (Å²) in [5.74, 6) is -3.19. The van der Waals surface area contributed by atoms with Gasteiger partial charge in [-0.3, -0.25) is 9.59 Å². The molecular formula is C25H27F4N3O2. The number of hydrogen-bond donors (Lipinski definition) is 1. The van der Waals surface area contributed by atoms with Crippen LogP contribution in [0.15, 0.2) is 42.5 Å². The second kappa shape index (κ2) is 8.60. The highest BCUT2D eigenvalue weighted by Crippen LogP contribution is 2.54. The van der Waals surface area contributed by atoms with Gasteiger partial charge in [0.2, 0.25) is 5.91 Å². The lowest BCUT2D eigenvalue weighted by Gasteiger charge is -2.43. The molecule has 0 bridgehead atoms. The number of benzene rings is 2. The van der Waals surface area contributed by atoms with Crippen LogP contribution in [-0.2, 0) is 11.0 Å². The van der Waals surface area contributed by atoms with E-state index >= 15 is 4.39 Å². The molecule has 1 aliphatic carbocycles. The zero-order valence-electron chi connectivity index (χ0n) is 19.0. The van der Waals surface area contributed by atoms with Crippen molar-refractivity contribution in [3.05, 3.63) is 65.0 Å². The zero-order valence-corrected chi connectivity index (χ0v) is 19.0. The van der Waals surface area contributed by atoms with Crippen LogP contribution in [0.5, 0.6) is 0 Å². The van der Waals surface area contributed by atoms with Crippen molar-refractivity contribution in [1.82, 2.24) is 4.90 Å². The van der Waals surface area contributed by atoms with E-state index in [9.17, 15) is 22.8 Å². The Balaban J connectivity index is 1.80. The van der Waals surface area contributed by atoms with Crippen molar-refractivity contribution >= 4 is 17.5 Å². The fraction of sp³-hybridized carbons (Fsp3) is 0.440. The van der Waals surface area contributed by atoms with Gasteiger partial charge in [-0.15, -0.1) is 0 Å². The van der Waals surface area contributed by atoms with Crippen molar-refractivity contribution < 1.29 is 27.2 Å². The number of carbonyl (C=O) groups is 2. The number of halogens is 4. The summed E-state index contributed by atoms with van der Waals surface area (Å²) in [6.45, 7) is 0.249. The van der Waals surface area contributed by atoms with Crippen molar-refractivity contribution in [2.75, 3.05) is 25.5 Å². The van der Waals surface area contributed by atoms with E-state index in [1.54, 1.807) is 18.2 Å². The third-order valence-electron chi connectivity index (χ3n) is 6.97. The second-order valence-corrected chi connectivity index (χ2v) is 9.34. The van der Waals surface area contributed by atoms with E-state index in [0.29, 0.717) is 30.9 Å². The molecular weight excluding hydrogens is 450 g/mol. The number of nitrogens with two attached hydrogens (primary N) is 1. The first-order chi connectivity index (χ1) is 16.0. The number of anilines is 1. The average molecular weight is 478 g/mol. The van der Waals surface area contributed by atoms with Crippen LogP contribution in [0.2, 0.25) is 0 Å². The van der Waals surface area contributed by atoms with Crippen LogP contribution in [-0.4, -0.2) is 42.9 Å². The quantitative estimate of drug-likeness (QED) is 0.620. The minimum Gasteiger partial charge on any atom is -0.378 e. The molecule has 34 heavy (non-hydrogen) atoms. The first-order valence-corrected chi connectivity index (χ1v) is 11.2. The molecule has 1 saturated carbocycles. The predicted octanol–water partition coefficient (Wildman–Crippen LogP) is 4.56. The maximum atomic E-state index is 15.1. The summed E-state index contributed by atoms with van der Waals surface area (Å²) in [5, 5.41) is 0. The summed E-state index contributed by atoms with van der Waals surface area (Å²) >= 11 is 0. The van der Waals surface area contributed by atoms with Crippen LogP contribution in [0.4, 0.5) is 23.2 Å². The monoisotopic (exact) mass is 477 g/mol.